The number of benzene rings is 2. The molecule has 1 fully saturated rings. The molecule has 3 aromatic rings. The van der Waals surface area contributed by atoms with Crippen molar-refractivity contribution in [2.45, 2.75) is 12.8 Å². The van der Waals surface area contributed by atoms with Gasteiger partial charge in [0.05, 0.1) is 5.56 Å². The number of aromatic amines is 1. The van der Waals surface area contributed by atoms with Crippen molar-refractivity contribution in [3.63, 3.8) is 0 Å². The van der Waals surface area contributed by atoms with Crippen molar-refractivity contribution in [1.82, 2.24) is 20.0 Å². The number of rotatable bonds is 7. The number of hydrogen-bond acceptors (Lipinski definition) is 5. The maximum atomic E-state index is 13.3. The predicted octanol–water partition coefficient (Wildman–Crippen LogP) is 3.21. The molecule has 0 spiro atoms. The Morgan fingerprint density at radius 3 is 2.61 bits per heavy atom. The maximum Gasteiger partial charge on any atom is 0.199 e. The SMILES string of the molecule is CN1CCN(CCCc2cccc(C(=O)c3c(-c4ccc(F)cc4)n[nH]c3N)c2)CC1. The van der Waals surface area contributed by atoms with Gasteiger partial charge in [0, 0.05) is 37.3 Å². The topological polar surface area (TPSA) is 78.2 Å². The summed E-state index contributed by atoms with van der Waals surface area (Å²) in [4.78, 5) is 18.1. The van der Waals surface area contributed by atoms with Crippen LogP contribution in [0.25, 0.3) is 11.3 Å². The second kappa shape index (κ2) is 9.41. The number of carbonyl (C=O) groups is 1. The van der Waals surface area contributed by atoms with Crippen molar-refractivity contribution in [1.29, 1.82) is 0 Å². The molecule has 0 amide bonds. The summed E-state index contributed by atoms with van der Waals surface area (Å²) in [7, 11) is 2.16. The third kappa shape index (κ3) is 5.00. The fourth-order valence-corrected chi connectivity index (χ4v) is 3.99. The Kier molecular flexibility index (Phi) is 6.44. The first-order valence-corrected chi connectivity index (χ1v) is 10.7. The molecule has 7 heteroatoms. The van der Waals surface area contributed by atoms with Crippen LogP contribution in [-0.2, 0) is 6.42 Å². The molecular formula is C24H28FN5O. The number of carbonyl (C=O) groups excluding carboxylic acids is 1. The van der Waals surface area contributed by atoms with Gasteiger partial charge in [-0.05, 0) is 62.3 Å². The maximum absolute atomic E-state index is 13.3. The highest BCUT2D eigenvalue weighted by molar-refractivity contribution is 6.15. The number of likely N-dealkylation sites (N-methyl/N-ethyl adjacent to an activating group) is 1. The number of nitrogen functional groups attached to an aromatic ring is 1. The molecule has 31 heavy (non-hydrogen) atoms. The average molecular weight is 422 g/mol. The number of nitrogens with zero attached hydrogens (tertiary/aromatic N) is 3. The number of hydrogen-bond donors (Lipinski definition) is 2. The summed E-state index contributed by atoms with van der Waals surface area (Å²) in [5.41, 5.74) is 9.14. The quantitative estimate of drug-likeness (QED) is 0.573. The van der Waals surface area contributed by atoms with E-state index in [1.807, 2.05) is 12.1 Å². The normalized spacial score (nSPS) is 15.3. The molecule has 0 saturated carbocycles. The Labute approximate surface area is 181 Å². The number of aryl methyl sites for hydroxylation is 1. The van der Waals surface area contributed by atoms with Gasteiger partial charge in [-0.1, -0.05) is 18.2 Å². The summed E-state index contributed by atoms with van der Waals surface area (Å²) in [6.07, 6.45) is 1.97. The lowest BCUT2D eigenvalue weighted by Gasteiger charge is -2.32. The largest absolute Gasteiger partial charge is 0.383 e. The van der Waals surface area contributed by atoms with E-state index < -0.39 is 0 Å². The summed E-state index contributed by atoms with van der Waals surface area (Å²) in [6.45, 7) is 5.52. The van der Waals surface area contributed by atoms with E-state index in [9.17, 15) is 9.18 Å². The number of piperazine rings is 1. The van der Waals surface area contributed by atoms with Crippen LogP contribution in [0.1, 0.15) is 27.9 Å². The predicted molar refractivity (Wildman–Crippen MR) is 121 cm³/mol. The fourth-order valence-electron chi connectivity index (χ4n) is 3.99. The van der Waals surface area contributed by atoms with Crippen LogP contribution in [0.3, 0.4) is 0 Å². The molecule has 2 heterocycles. The van der Waals surface area contributed by atoms with Crippen molar-refractivity contribution in [2.75, 3.05) is 45.5 Å². The van der Waals surface area contributed by atoms with Gasteiger partial charge in [-0.15, -0.1) is 0 Å². The average Bonchev–Trinajstić information content (AvgIpc) is 3.16. The highest BCUT2D eigenvalue weighted by atomic mass is 19.1. The second-order valence-corrected chi connectivity index (χ2v) is 8.15. The van der Waals surface area contributed by atoms with Gasteiger partial charge in [0.1, 0.15) is 17.3 Å². The first-order valence-electron chi connectivity index (χ1n) is 10.7. The van der Waals surface area contributed by atoms with E-state index in [4.69, 9.17) is 5.73 Å². The third-order valence-corrected chi connectivity index (χ3v) is 5.86. The first kappa shape index (κ1) is 21.2. The molecule has 0 radical (unpaired) electrons. The van der Waals surface area contributed by atoms with E-state index in [2.05, 4.69) is 33.1 Å². The number of halogens is 1. The van der Waals surface area contributed by atoms with Crippen molar-refractivity contribution in [3.8, 4) is 11.3 Å². The number of aromatic nitrogens is 2. The Bertz CT molecular complexity index is 1040. The minimum Gasteiger partial charge on any atom is -0.383 e. The summed E-state index contributed by atoms with van der Waals surface area (Å²) >= 11 is 0. The zero-order valence-electron chi connectivity index (χ0n) is 17.8. The fraction of sp³-hybridized carbons (Fsp3) is 0.333. The van der Waals surface area contributed by atoms with Crippen LogP contribution in [0, 0.1) is 5.82 Å². The molecule has 0 bridgehead atoms. The molecule has 1 saturated heterocycles. The molecule has 6 nitrogen and oxygen atoms in total. The van der Waals surface area contributed by atoms with Gasteiger partial charge < -0.3 is 15.5 Å². The number of nitrogens with one attached hydrogen (secondary N) is 1. The van der Waals surface area contributed by atoms with Gasteiger partial charge in [0.25, 0.3) is 0 Å². The van der Waals surface area contributed by atoms with E-state index in [0.29, 0.717) is 22.4 Å². The molecule has 3 N–H and O–H groups in total. The smallest absolute Gasteiger partial charge is 0.199 e. The lowest BCUT2D eigenvalue weighted by molar-refractivity contribution is 0.104. The molecule has 4 rings (SSSR count). The van der Waals surface area contributed by atoms with Crippen molar-refractivity contribution >= 4 is 11.6 Å². The summed E-state index contributed by atoms with van der Waals surface area (Å²) in [5, 5.41) is 6.88. The third-order valence-electron chi connectivity index (χ3n) is 5.86. The zero-order chi connectivity index (χ0) is 21.8. The van der Waals surface area contributed by atoms with E-state index in [-0.39, 0.29) is 17.4 Å². The van der Waals surface area contributed by atoms with Crippen LogP contribution >= 0.6 is 0 Å². The summed E-state index contributed by atoms with van der Waals surface area (Å²) in [5.74, 6) is -0.319. The highest BCUT2D eigenvalue weighted by Crippen LogP contribution is 2.28. The first-order chi connectivity index (χ1) is 15.0. The number of nitrogens with two attached hydrogens (primary N) is 1. The van der Waals surface area contributed by atoms with E-state index >= 15 is 0 Å². The molecule has 1 aliphatic heterocycles. The van der Waals surface area contributed by atoms with E-state index in [1.165, 1.54) is 12.1 Å². The van der Waals surface area contributed by atoms with Gasteiger partial charge in [-0.2, -0.15) is 5.10 Å². The van der Waals surface area contributed by atoms with Gasteiger partial charge in [-0.25, -0.2) is 4.39 Å². The minimum absolute atomic E-state index is 0.188. The standard InChI is InChI=1S/C24H28FN5O/c1-29-12-14-30(15-13-29)11-3-5-17-4-2-6-19(16-17)23(31)21-22(27-28-24(21)26)18-7-9-20(25)10-8-18/h2,4,6-10,16H,3,5,11-15H2,1H3,(H3,26,27,28). The number of ketones is 1. The van der Waals surface area contributed by atoms with E-state index in [0.717, 1.165) is 51.1 Å². The molecule has 162 valence electrons. The number of H-pyrrole nitrogens is 1. The van der Waals surface area contributed by atoms with Gasteiger partial charge in [0.15, 0.2) is 5.78 Å². The Balaban J connectivity index is 1.46. The van der Waals surface area contributed by atoms with Crippen LogP contribution in [0.15, 0.2) is 48.5 Å². The lowest BCUT2D eigenvalue weighted by atomic mass is 9.97. The van der Waals surface area contributed by atoms with Crippen molar-refractivity contribution in [3.05, 3.63) is 71.0 Å². The minimum atomic E-state index is -0.343. The molecule has 1 aliphatic rings. The summed E-state index contributed by atoms with van der Waals surface area (Å²) in [6, 6.07) is 13.6. The molecule has 0 aliphatic carbocycles. The lowest BCUT2D eigenvalue weighted by Crippen LogP contribution is -2.44. The highest BCUT2D eigenvalue weighted by Gasteiger charge is 2.22. The van der Waals surface area contributed by atoms with Gasteiger partial charge in [0.2, 0.25) is 0 Å². The van der Waals surface area contributed by atoms with Crippen LogP contribution in [0.4, 0.5) is 10.2 Å². The zero-order valence-corrected chi connectivity index (χ0v) is 17.8. The van der Waals surface area contributed by atoms with Crippen molar-refractivity contribution < 1.29 is 9.18 Å². The van der Waals surface area contributed by atoms with Crippen LogP contribution < -0.4 is 5.73 Å². The van der Waals surface area contributed by atoms with Crippen LogP contribution in [-0.4, -0.2) is 65.6 Å². The molecule has 0 atom stereocenters. The number of anilines is 1. The molecule has 0 unspecified atom stereocenters. The van der Waals surface area contributed by atoms with Gasteiger partial charge >= 0.3 is 0 Å². The van der Waals surface area contributed by atoms with Gasteiger partial charge in [-0.3, -0.25) is 9.89 Å². The monoisotopic (exact) mass is 421 g/mol. The molecule has 2 aromatic carbocycles. The molecular weight excluding hydrogens is 393 g/mol. The van der Waals surface area contributed by atoms with Crippen molar-refractivity contribution in [2.24, 2.45) is 0 Å². The summed E-state index contributed by atoms with van der Waals surface area (Å²) < 4.78 is 13.3. The Hall–Kier alpha value is -3.03. The molecule has 1 aromatic heterocycles. The van der Waals surface area contributed by atoms with Crippen LogP contribution in [0.5, 0.6) is 0 Å². The van der Waals surface area contributed by atoms with E-state index in [1.54, 1.807) is 18.2 Å². The van der Waals surface area contributed by atoms with Crippen LogP contribution in [0.2, 0.25) is 0 Å². The second-order valence-electron chi connectivity index (χ2n) is 8.15. The Morgan fingerprint density at radius 2 is 1.87 bits per heavy atom. The Morgan fingerprint density at radius 1 is 1.13 bits per heavy atom.